The van der Waals surface area contributed by atoms with Crippen molar-refractivity contribution in [2.75, 3.05) is 6.61 Å². The standard InChI is InChI=1S/C14H17NO2/c1-14(2,3)12-13(16)17-9-11(15-12)10-7-5-4-6-8-10/h4-8,11H,9H2,1-3H3/t11-/m0/s1. The highest BCUT2D eigenvalue weighted by Gasteiger charge is 2.32. The van der Waals surface area contributed by atoms with Gasteiger partial charge in [-0.2, -0.15) is 0 Å². The van der Waals surface area contributed by atoms with Crippen molar-refractivity contribution in [3.05, 3.63) is 35.9 Å². The van der Waals surface area contributed by atoms with Crippen LogP contribution in [0.25, 0.3) is 0 Å². The van der Waals surface area contributed by atoms with E-state index in [1.807, 2.05) is 51.1 Å². The van der Waals surface area contributed by atoms with Crippen molar-refractivity contribution < 1.29 is 9.53 Å². The molecule has 0 saturated heterocycles. The third kappa shape index (κ3) is 2.54. The summed E-state index contributed by atoms with van der Waals surface area (Å²) in [6.07, 6.45) is 0. The second kappa shape index (κ2) is 4.32. The minimum atomic E-state index is -0.287. The quantitative estimate of drug-likeness (QED) is 0.697. The maximum Gasteiger partial charge on any atom is 0.352 e. The van der Waals surface area contributed by atoms with E-state index in [1.54, 1.807) is 0 Å². The molecule has 1 aliphatic heterocycles. The molecular formula is C14H17NO2. The molecule has 3 heteroatoms. The number of benzene rings is 1. The van der Waals surface area contributed by atoms with Crippen molar-refractivity contribution in [3.63, 3.8) is 0 Å². The van der Waals surface area contributed by atoms with E-state index in [4.69, 9.17) is 4.74 Å². The molecule has 0 aromatic heterocycles. The van der Waals surface area contributed by atoms with Crippen molar-refractivity contribution in [1.82, 2.24) is 0 Å². The van der Waals surface area contributed by atoms with Gasteiger partial charge in [0.15, 0.2) is 0 Å². The number of hydrogen-bond acceptors (Lipinski definition) is 3. The number of ether oxygens (including phenoxy) is 1. The molecule has 0 fully saturated rings. The first-order valence-electron chi connectivity index (χ1n) is 5.79. The zero-order valence-electron chi connectivity index (χ0n) is 10.4. The first kappa shape index (κ1) is 11.8. The molecule has 17 heavy (non-hydrogen) atoms. The third-order valence-corrected chi connectivity index (χ3v) is 2.75. The molecule has 1 heterocycles. The van der Waals surface area contributed by atoms with E-state index in [2.05, 4.69) is 4.99 Å². The van der Waals surface area contributed by atoms with Crippen molar-refractivity contribution in [1.29, 1.82) is 0 Å². The normalized spacial score (nSPS) is 20.8. The fourth-order valence-electron chi connectivity index (χ4n) is 1.81. The molecule has 0 N–H and O–H groups in total. The van der Waals surface area contributed by atoms with E-state index in [1.165, 1.54) is 0 Å². The summed E-state index contributed by atoms with van der Waals surface area (Å²) < 4.78 is 5.21. The van der Waals surface area contributed by atoms with Crippen LogP contribution in [0.5, 0.6) is 0 Å². The smallest absolute Gasteiger partial charge is 0.352 e. The summed E-state index contributed by atoms with van der Waals surface area (Å²) in [6, 6.07) is 9.85. The first-order chi connectivity index (χ1) is 7.98. The van der Waals surface area contributed by atoms with Crippen LogP contribution in [0.1, 0.15) is 32.4 Å². The fourth-order valence-corrected chi connectivity index (χ4v) is 1.81. The van der Waals surface area contributed by atoms with Crippen LogP contribution in [0.4, 0.5) is 0 Å². The lowest BCUT2D eigenvalue weighted by atomic mass is 9.89. The average molecular weight is 231 g/mol. The Hall–Kier alpha value is -1.64. The van der Waals surface area contributed by atoms with Crippen LogP contribution in [-0.4, -0.2) is 18.3 Å². The summed E-state index contributed by atoms with van der Waals surface area (Å²) in [7, 11) is 0. The first-order valence-corrected chi connectivity index (χ1v) is 5.79. The lowest BCUT2D eigenvalue weighted by Crippen LogP contribution is -2.35. The number of aliphatic imine (C=N–C) groups is 1. The number of cyclic esters (lactones) is 1. The highest BCUT2D eigenvalue weighted by atomic mass is 16.5. The van der Waals surface area contributed by atoms with Gasteiger partial charge in [0.25, 0.3) is 0 Å². The van der Waals surface area contributed by atoms with Crippen molar-refractivity contribution in [3.8, 4) is 0 Å². The zero-order chi connectivity index (χ0) is 12.5. The van der Waals surface area contributed by atoms with E-state index in [0.29, 0.717) is 12.3 Å². The van der Waals surface area contributed by atoms with Crippen LogP contribution in [0.3, 0.4) is 0 Å². The maximum absolute atomic E-state index is 11.7. The number of rotatable bonds is 1. The van der Waals surface area contributed by atoms with Gasteiger partial charge in [-0.1, -0.05) is 51.1 Å². The Morgan fingerprint density at radius 2 is 1.88 bits per heavy atom. The topological polar surface area (TPSA) is 38.7 Å². The van der Waals surface area contributed by atoms with Crippen LogP contribution in [0, 0.1) is 5.41 Å². The summed E-state index contributed by atoms with van der Waals surface area (Å²) in [4.78, 5) is 16.2. The fraction of sp³-hybridized carbons (Fsp3) is 0.429. The number of nitrogens with zero attached hydrogens (tertiary/aromatic N) is 1. The van der Waals surface area contributed by atoms with Crippen LogP contribution < -0.4 is 0 Å². The van der Waals surface area contributed by atoms with Gasteiger partial charge in [0.2, 0.25) is 0 Å². The van der Waals surface area contributed by atoms with E-state index in [0.717, 1.165) is 5.56 Å². The minimum Gasteiger partial charge on any atom is -0.459 e. The molecule has 0 unspecified atom stereocenters. The van der Waals surface area contributed by atoms with Crippen LogP contribution in [0.2, 0.25) is 0 Å². The van der Waals surface area contributed by atoms with Gasteiger partial charge in [-0.25, -0.2) is 4.79 Å². The predicted molar refractivity (Wildman–Crippen MR) is 67.0 cm³/mol. The van der Waals surface area contributed by atoms with Gasteiger partial charge in [0.05, 0.1) is 0 Å². The molecule has 90 valence electrons. The highest BCUT2D eigenvalue weighted by molar-refractivity contribution is 6.38. The Morgan fingerprint density at radius 3 is 2.47 bits per heavy atom. The van der Waals surface area contributed by atoms with E-state index in [-0.39, 0.29) is 17.4 Å². The van der Waals surface area contributed by atoms with Gasteiger partial charge < -0.3 is 4.74 Å². The van der Waals surface area contributed by atoms with Gasteiger partial charge in [0.1, 0.15) is 18.4 Å². The summed E-state index contributed by atoms with van der Waals surface area (Å²) in [6.45, 7) is 6.25. The molecule has 0 spiro atoms. The third-order valence-electron chi connectivity index (χ3n) is 2.75. The molecule has 1 aliphatic rings. The van der Waals surface area contributed by atoms with Crippen LogP contribution >= 0.6 is 0 Å². The summed E-state index contributed by atoms with van der Waals surface area (Å²) in [5.74, 6) is -0.287. The van der Waals surface area contributed by atoms with Crippen molar-refractivity contribution in [2.45, 2.75) is 26.8 Å². The molecule has 1 aromatic rings. The van der Waals surface area contributed by atoms with E-state index in [9.17, 15) is 4.79 Å². The molecule has 0 aliphatic carbocycles. The Balaban J connectivity index is 2.34. The number of carbonyl (C=O) groups is 1. The summed E-state index contributed by atoms with van der Waals surface area (Å²) in [5, 5.41) is 0. The Morgan fingerprint density at radius 1 is 1.24 bits per heavy atom. The molecule has 1 aromatic carbocycles. The van der Waals surface area contributed by atoms with Gasteiger partial charge in [-0.05, 0) is 5.56 Å². The zero-order valence-corrected chi connectivity index (χ0v) is 10.4. The van der Waals surface area contributed by atoms with Gasteiger partial charge in [-0.3, -0.25) is 4.99 Å². The lowest BCUT2D eigenvalue weighted by Gasteiger charge is -2.27. The van der Waals surface area contributed by atoms with Crippen LogP contribution in [-0.2, 0) is 9.53 Å². The molecule has 0 radical (unpaired) electrons. The molecule has 0 amide bonds. The maximum atomic E-state index is 11.7. The second-order valence-electron chi connectivity index (χ2n) is 5.25. The second-order valence-corrected chi connectivity index (χ2v) is 5.25. The lowest BCUT2D eigenvalue weighted by molar-refractivity contribution is -0.137. The SMILES string of the molecule is CC(C)(C)C1=N[C@H](c2ccccc2)COC1=O. The summed E-state index contributed by atoms with van der Waals surface area (Å²) in [5.41, 5.74) is 1.34. The van der Waals surface area contributed by atoms with Crippen molar-refractivity contribution in [2.24, 2.45) is 10.4 Å². The number of carbonyl (C=O) groups excluding carboxylic acids is 1. The highest BCUT2D eigenvalue weighted by Crippen LogP contribution is 2.27. The van der Waals surface area contributed by atoms with Gasteiger partial charge >= 0.3 is 5.97 Å². The average Bonchev–Trinajstić information content (AvgIpc) is 2.29. The minimum absolute atomic E-state index is 0.0666. The molecule has 1 atom stereocenters. The molecule has 3 nitrogen and oxygen atoms in total. The Bertz CT molecular complexity index is 443. The van der Waals surface area contributed by atoms with Gasteiger partial charge in [0, 0.05) is 5.41 Å². The monoisotopic (exact) mass is 231 g/mol. The Kier molecular flexibility index (Phi) is 3.01. The number of hydrogen-bond donors (Lipinski definition) is 0. The van der Waals surface area contributed by atoms with E-state index < -0.39 is 0 Å². The summed E-state index contributed by atoms with van der Waals surface area (Å²) >= 11 is 0. The predicted octanol–water partition coefficient (Wildman–Crippen LogP) is 2.77. The molecular weight excluding hydrogens is 214 g/mol. The van der Waals surface area contributed by atoms with Crippen molar-refractivity contribution >= 4 is 11.7 Å². The van der Waals surface area contributed by atoms with Gasteiger partial charge in [-0.15, -0.1) is 0 Å². The van der Waals surface area contributed by atoms with E-state index >= 15 is 0 Å². The van der Waals surface area contributed by atoms with Crippen LogP contribution in [0.15, 0.2) is 35.3 Å². The molecule has 0 saturated carbocycles. The Labute approximate surface area is 102 Å². The largest absolute Gasteiger partial charge is 0.459 e. The molecule has 2 rings (SSSR count). The molecule has 0 bridgehead atoms. The number of esters is 1.